The van der Waals surface area contributed by atoms with Gasteiger partial charge in [-0.2, -0.15) is 4.31 Å². The van der Waals surface area contributed by atoms with Crippen molar-refractivity contribution >= 4 is 39.1 Å². The quantitative estimate of drug-likeness (QED) is 0.562. The summed E-state index contributed by atoms with van der Waals surface area (Å²) in [7, 11) is -4.04. The zero-order chi connectivity index (χ0) is 25.9. The molecule has 2 aliphatic heterocycles. The molecule has 1 amide bonds. The minimum atomic E-state index is -4.04. The van der Waals surface area contributed by atoms with Crippen LogP contribution in [0, 0.1) is 5.82 Å². The van der Waals surface area contributed by atoms with Gasteiger partial charge in [-0.05, 0) is 54.8 Å². The van der Waals surface area contributed by atoms with E-state index in [0.717, 1.165) is 17.7 Å². The summed E-state index contributed by atoms with van der Waals surface area (Å²) in [6.45, 7) is 0.105. The topological polar surface area (TPSA) is 105 Å². The van der Waals surface area contributed by atoms with Crippen molar-refractivity contribution in [3.8, 4) is 0 Å². The first-order valence-corrected chi connectivity index (χ1v) is 13.7. The monoisotopic (exact) mass is 560 g/mol. The van der Waals surface area contributed by atoms with E-state index in [1.54, 1.807) is 18.2 Å². The Balaban J connectivity index is 1.42. The van der Waals surface area contributed by atoms with Gasteiger partial charge < -0.3 is 19.9 Å². The van der Waals surface area contributed by atoms with Gasteiger partial charge in [0, 0.05) is 13.1 Å². The lowest BCUT2D eigenvalue weighted by atomic mass is 9.96. The lowest BCUT2D eigenvalue weighted by Crippen LogP contribution is -2.57. The summed E-state index contributed by atoms with van der Waals surface area (Å²) in [4.78, 5) is 12.5. The van der Waals surface area contributed by atoms with Crippen molar-refractivity contribution in [2.24, 2.45) is 0 Å². The summed E-state index contributed by atoms with van der Waals surface area (Å²) < 4.78 is 53.1. The van der Waals surface area contributed by atoms with Gasteiger partial charge in [-0.1, -0.05) is 29.3 Å². The molecule has 196 valence electrons. The predicted octanol–water partition coefficient (Wildman–Crippen LogP) is 3.14. The molecule has 2 aromatic rings. The molecule has 2 heterocycles. The second-order valence-corrected chi connectivity index (χ2v) is 11.6. The Morgan fingerprint density at radius 1 is 1.11 bits per heavy atom. The van der Waals surface area contributed by atoms with Gasteiger partial charge in [0.1, 0.15) is 5.82 Å². The van der Waals surface area contributed by atoms with Crippen molar-refractivity contribution in [1.82, 2.24) is 9.62 Å². The Labute approximate surface area is 219 Å². The third-order valence-electron chi connectivity index (χ3n) is 6.24. The van der Waals surface area contributed by atoms with Crippen LogP contribution in [0.1, 0.15) is 24.8 Å². The van der Waals surface area contributed by atoms with Crippen LogP contribution in [0.25, 0.3) is 0 Å². The number of carbonyl (C=O) groups is 1. The molecule has 4 atom stereocenters. The molecule has 0 unspecified atom stereocenters. The maximum absolute atomic E-state index is 13.4. The summed E-state index contributed by atoms with van der Waals surface area (Å²) in [6.07, 6.45) is -1.14. The lowest BCUT2D eigenvalue weighted by molar-refractivity contribution is -0.146. The number of β-amino-alcohol motifs (C(OH)–C–C–N with tert-alkyl or cyclic N) is 1. The first-order valence-electron chi connectivity index (χ1n) is 11.5. The molecule has 2 aromatic carbocycles. The number of sulfonamides is 1. The summed E-state index contributed by atoms with van der Waals surface area (Å²) in [6, 6.07) is 9.07. The molecule has 2 N–H and O–H groups in total. The fourth-order valence-electron chi connectivity index (χ4n) is 4.44. The van der Waals surface area contributed by atoms with Crippen molar-refractivity contribution in [2.75, 3.05) is 19.8 Å². The molecule has 12 heteroatoms. The van der Waals surface area contributed by atoms with Gasteiger partial charge in [0.15, 0.2) is 0 Å². The predicted molar refractivity (Wildman–Crippen MR) is 132 cm³/mol. The van der Waals surface area contributed by atoms with Crippen molar-refractivity contribution in [2.45, 2.75) is 55.1 Å². The molecule has 0 aromatic heterocycles. The number of rotatable bonds is 6. The van der Waals surface area contributed by atoms with Crippen LogP contribution in [0.2, 0.25) is 10.0 Å². The molecule has 0 aliphatic carbocycles. The Hall–Kier alpha value is -1.79. The zero-order valence-corrected chi connectivity index (χ0v) is 21.6. The highest BCUT2D eigenvalue weighted by Gasteiger charge is 2.43. The standard InChI is InChI=1S/C24H27Cl2FN2O6S/c25-20-7-1-15(9-21(20)26)11-28-24(31)10-18-4-8-22-23(35-18)14-34-13-17(30)12-29(22)36(32,33)19-5-2-16(27)3-6-19/h1-3,5-7,9,17-18,22-23,30H,4,8,10-14H2,(H,28,31)/t17-,18-,22+,23-/m1/s1. The van der Waals surface area contributed by atoms with E-state index in [1.165, 1.54) is 16.4 Å². The van der Waals surface area contributed by atoms with Crippen LogP contribution >= 0.6 is 23.2 Å². The number of hydrogen-bond acceptors (Lipinski definition) is 6. The van der Waals surface area contributed by atoms with Crippen LogP contribution in [0.3, 0.4) is 0 Å². The van der Waals surface area contributed by atoms with Crippen LogP contribution in [-0.4, -0.2) is 67.8 Å². The maximum atomic E-state index is 13.4. The molecule has 0 bridgehead atoms. The number of halogens is 3. The SMILES string of the molecule is O=C(C[C@H]1CC[C@H]2[C@@H](COC[C@H](O)CN2S(=O)(=O)c2ccc(F)cc2)O1)NCc1ccc(Cl)c(Cl)c1. The van der Waals surface area contributed by atoms with E-state index in [2.05, 4.69) is 5.32 Å². The number of nitrogens with one attached hydrogen (secondary N) is 1. The smallest absolute Gasteiger partial charge is 0.243 e. The molecular formula is C24H27Cl2FN2O6S. The van der Waals surface area contributed by atoms with Crippen molar-refractivity contribution in [3.63, 3.8) is 0 Å². The molecule has 0 spiro atoms. The first kappa shape index (κ1) is 27.3. The highest BCUT2D eigenvalue weighted by molar-refractivity contribution is 7.89. The second-order valence-electron chi connectivity index (χ2n) is 8.89. The number of carbonyl (C=O) groups excluding carboxylic acids is 1. The van der Waals surface area contributed by atoms with Gasteiger partial charge in [-0.25, -0.2) is 12.8 Å². The van der Waals surface area contributed by atoms with Gasteiger partial charge in [0.05, 0.1) is 58.9 Å². The van der Waals surface area contributed by atoms with Crippen molar-refractivity contribution in [3.05, 3.63) is 63.9 Å². The third kappa shape index (κ3) is 6.55. The Morgan fingerprint density at radius 3 is 2.58 bits per heavy atom. The fourth-order valence-corrected chi connectivity index (χ4v) is 6.48. The number of nitrogens with zero attached hydrogens (tertiary/aromatic N) is 1. The number of amides is 1. The molecule has 4 rings (SSSR count). The fraction of sp³-hybridized carbons (Fsp3) is 0.458. The van der Waals surface area contributed by atoms with E-state index in [9.17, 15) is 22.7 Å². The first-order chi connectivity index (χ1) is 17.1. The van der Waals surface area contributed by atoms with E-state index >= 15 is 0 Å². The largest absolute Gasteiger partial charge is 0.389 e. The highest BCUT2D eigenvalue weighted by Crippen LogP contribution is 2.31. The average molecular weight is 561 g/mol. The number of hydrogen-bond donors (Lipinski definition) is 2. The highest BCUT2D eigenvalue weighted by atomic mass is 35.5. The molecule has 2 saturated heterocycles. The van der Waals surface area contributed by atoms with Crippen molar-refractivity contribution < 1.29 is 32.2 Å². The molecule has 0 radical (unpaired) electrons. The molecule has 2 fully saturated rings. The normalized spacial score (nSPS) is 25.4. The number of ether oxygens (including phenoxy) is 2. The summed E-state index contributed by atoms with van der Waals surface area (Å²) in [5, 5.41) is 13.9. The molecule has 2 aliphatic rings. The van der Waals surface area contributed by atoms with E-state index in [0.29, 0.717) is 22.9 Å². The van der Waals surface area contributed by atoms with Crippen molar-refractivity contribution in [1.29, 1.82) is 0 Å². The summed E-state index contributed by atoms with van der Waals surface area (Å²) in [5.74, 6) is -0.767. The van der Waals surface area contributed by atoms with Gasteiger partial charge >= 0.3 is 0 Å². The summed E-state index contributed by atoms with van der Waals surface area (Å²) >= 11 is 11.9. The van der Waals surface area contributed by atoms with Crippen LogP contribution in [0.4, 0.5) is 4.39 Å². The number of aliphatic hydroxyl groups excluding tert-OH is 1. The Bertz CT molecular complexity index is 1180. The minimum Gasteiger partial charge on any atom is -0.389 e. The molecule has 0 saturated carbocycles. The molecule has 8 nitrogen and oxygen atoms in total. The van der Waals surface area contributed by atoms with E-state index < -0.39 is 40.2 Å². The number of aliphatic hydroxyl groups is 1. The van der Waals surface area contributed by atoms with E-state index in [4.69, 9.17) is 32.7 Å². The van der Waals surface area contributed by atoms with Gasteiger partial charge in [-0.3, -0.25) is 4.79 Å². The third-order valence-corrected chi connectivity index (χ3v) is 8.88. The van der Waals surface area contributed by atoms with Crippen LogP contribution in [-0.2, 0) is 30.8 Å². The number of benzene rings is 2. The van der Waals surface area contributed by atoms with E-state index in [-0.39, 0.29) is 43.5 Å². The average Bonchev–Trinajstić information content (AvgIpc) is 2.83. The maximum Gasteiger partial charge on any atom is 0.243 e. The lowest BCUT2D eigenvalue weighted by Gasteiger charge is -2.43. The van der Waals surface area contributed by atoms with Gasteiger partial charge in [0.25, 0.3) is 0 Å². The van der Waals surface area contributed by atoms with Gasteiger partial charge in [0.2, 0.25) is 15.9 Å². The summed E-state index contributed by atoms with van der Waals surface area (Å²) in [5.41, 5.74) is 0.802. The van der Waals surface area contributed by atoms with Crippen LogP contribution in [0.15, 0.2) is 47.4 Å². The minimum absolute atomic E-state index is 0.0587. The Kier molecular flexibility index (Phi) is 8.87. The van der Waals surface area contributed by atoms with Crippen LogP contribution in [0.5, 0.6) is 0 Å². The van der Waals surface area contributed by atoms with Gasteiger partial charge in [-0.15, -0.1) is 0 Å². The van der Waals surface area contributed by atoms with E-state index in [1.807, 2.05) is 0 Å². The zero-order valence-electron chi connectivity index (χ0n) is 19.3. The molecule has 36 heavy (non-hydrogen) atoms. The number of fused-ring (bicyclic) bond motifs is 1. The molecular weight excluding hydrogens is 534 g/mol. The van der Waals surface area contributed by atoms with Crippen LogP contribution < -0.4 is 5.32 Å². The Morgan fingerprint density at radius 2 is 1.86 bits per heavy atom. The second kappa shape index (κ2) is 11.7.